The van der Waals surface area contributed by atoms with Crippen LogP contribution in [-0.4, -0.2) is 20.7 Å². The number of carboxylic acid groups (broad SMARTS) is 1. The van der Waals surface area contributed by atoms with Gasteiger partial charge in [0, 0.05) is 0 Å². The first kappa shape index (κ1) is 7.93. The molecule has 1 N–H and O–H groups in total. The molecule has 0 aliphatic heterocycles. The van der Waals surface area contributed by atoms with Crippen molar-refractivity contribution in [3.63, 3.8) is 0 Å². The fraction of sp³-hybridized carbons (Fsp3) is 0. The number of aromatic nitrogens is 2. The molecule has 2 heterocycles. The van der Waals surface area contributed by atoms with E-state index in [2.05, 4.69) is 9.59 Å². The minimum absolute atomic E-state index is 0.0695. The summed E-state index contributed by atoms with van der Waals surface area (Å²) in [5.74, 6) is -0.618. The lowest BCUT2D eigenvalue weighted by Crippen LogP contribution is -1.98. The van der Waals surface area contributed by atoms with Gasteiger partial charge in [0.2, 0.25) is 0 Å². The standard InChI is InChI=1S/C7H4N2O3S/c10-7(11)5-6(13-9-8-5)4-2-1-3-12-4/h1-3H,(H,10,11). The molecular weight excluding hydrogens is 192 g/mol. The number of rotatable bonds is 2. The molecule has 0 fully saturated rings. The highest BCUT2D eigenvalue weighted by molar-refractivity contribution is 7.09. The van der Waals surface area contributed by atoms with Gasteiger partial charge in [-0.1, -0.05) is 4.49 Å². The van der Waals surface area contributed by atoms with Crippen LogP contribution in [0.2, 0.25) is 0 Å². The van der Waals surface area contributed by atoms with E-state index in [0.29, 0.717) is 10.6 Å². The highest BCUT2D eigenvalue weighted by Gasteiger charge is 2.18. The summed E-state index contributed by atoms with van der Waals surface area (Å²) in [5, 5.41) is 12.2. The van der Waals surface area contributed by atoms with Crippen molar-refractivity contribution in [2.75, 3.05) is 0 Å². The van der Waals surface area contributed by atoms with Gasteiger partial charge >= 0.3 is 5.97 Å². The van der Waals surface area contributed by atoms with E-state index in [9.17, 15) is 4.79 Å². The van der Waals surface area contributed by atoms with Crippen molar-refractivity contribution in [2.45, 2.75) is 0 Å². The monoisotopic (exact) mass is 196 g/mol. The lowest BCUT2D eigenvalue weighted by molar-refractivity contribution is 0.0691. The molecule has 0 radical (unpaired) electrons. The van der Waals surface area contributed by atoms with E-state index in [4.69, 9.17) is 9.52 Å². The van der Waals surface area contributed by atoms with Gasteiger partial charge < -0.3 is 9.52 Å². The zero-order valence-corrected chi connectivity index (χ0v) is 7.11. The lowest BCUT2D eigenvalue weighted by Gasteiger charge is -1.89. The second-order valence-electron chi connectivity index (χ2n) is 2.23. The summed E-state index contributed by atoms with van der Waals surface area (Å²) in [6.45, 7) is 0. The van der Waals surface area contributed by atoms with Gasteiger partial charge in [-0.2, -0.15) is 0 Å². The molecule has 2 rings (SSSR count). The molecule has 2 aromatic rings. The molecule has 66 valence electrons. The van der Waals surface area contributed by atoms with Gasteiger partial charge in [0.1, 0.15) is 10.6 Å². The van der Waals surface area contributed by atoms with Crippen molar-refractivity contribution in [3.8, 4) is 10.6 Å². The van der Waals surface area contributed by atoms with Gasteiger partial charge in [-0.25, -0.2) is 4.79 Å². The Hall–Kier alpha value is -1.69. The van der Waals surface area contributed by atoms with Crippen LogP contribution in [-0.2, 0) is 0 Å². The molecule has 0 atom stereocenters. The molecule has 0 saturated carbocycles. The smallest absolute Gasteiger partial charge is 0.358 e. The largest absolute Gasteiger partial charge is 0.476 e. The molecule has 0 aliphatic carbocycles. The number of hydrogen-bond acceptors (Lipinski definition) is 5. The second-order valence-corrected chi connectivity index (χ2v) is 2.99. The van der Waals surface area contributed by atoms with Gasteiger partial charge in [0.15, 0.2) is 5.69 Å². The topological polar surface area (TPSA) is 76.2 Å². The summed E-state index contributed by atoms with van der Waals surface area (Å²) >= 11 is 1.000. The summed E-state index contributed by atoms with van der Waals surface area (Å²) in [6.07, 6.45) is 1.47. The van der Waals surface area contributed by atoms with Gasteiger partial charge in [0.25, 0.3) is 0 Å². The molecular formula is C7H4N2O3S. The number of hydrogen-bond donors (Lipinski definition) is 1. The normalized spacial score (nSPS) is 10.2. The molecule has 0 aliphatic rings. The zero-order valence-electron chi connectivity index (χ0n) is 6.30. The third-order valence-corrected chi connectivity index (χ3v) is 2.18. The SMILES string of the molecule is O=C(O)c1nnsc1-c1ccco1. The van der Waals surface area contributed by atoms with Crippen LogP contribution in [0.15, 0.2) is 22.8 Å². The highest BCUT2D eigenvalue weighted by atomic mass is 32.1. The Bertz CT molecular complexity index is 421. The summed E-state index contributed by atoms with van der Waals surface area (Å²) < 4.78 is 8.59. The van der Waals surface area contributed by atoms with Crippen molar-refractivity contribution < 1.29 is 14.3 Å². The molecule has 2 aromatic heterocycles. The van der Waals surface area contributed by atoms with E-state index >= 15 is 0 Å². The minimum Gasteiger partial charge on any atom is -0.476 e. The van der Waals surface area contributed by atoms with Crippen LogP contribution in [0.4, 0.5) is 0 Å². The molecule has 5 nitrogen and oxygen atoms in total. The summed E-state index contributed by atoms with van der Waals surface area (Å²) in [7, 11) is 0. The Labute approximate surface area is 76.8 Å². The Morgan fingerprint density at radius 3 is 3.08 bits per heavy atom. The third kappa shape index (κ3) is 1.31. The number of nitrogens with zero attached hydrogens (tertiary/aromatic N) is 2. The van der Waals surface area contributed by atoms with Crippen LogP contribution in [0.3, 0.4) is 0 Å². The Kier molecular flexibility index (Phi) is 1.82. The molecule has 0 saturated heterocycles. The van der Waals surface area contributed by atoms with Crippen LogP contribution in [0.5, 0.6) is 0 Å². The predicted molar refractivity (Wildman–Crippen MR) is 44.6 cm³/mol. The zero-order chi connectivity index (χ0) is 9.26. The molecule has 0 aromatic carbocycles. The van der Waals surface area contributed by atoms with Crippen LogP contribution in [0.1, 0.15) is 10.5 Å². The Morgan fingerprint density at radius 1 is 1.62 bits per heavy atom. The van der Waals surface area contributed by atoms with Gasteiger partial charge in [-0.3, -0.25) is 0 Å². The number of furan rings is 1. The Balaban J connectivity index is 2.52. The molecule has 0 spiro atoms. The maximum atomic E-state index is 10.6. The molecule has 0 bridgehead atoms. The summed E-state index contributed by atoms with van der Waals surface area (Å²) in [6, 6.07) is 3.35. The van der Waals surface area contributed by atoms with E-state index in [1.165, 1.54) is 6.26 Å². The molecule has 0 unspecified atom stereocenters. The van der Waals surface area contributed by atoms with E-state index in [-0.39, 0.29) is 5.69 Å². The summed E-state index contributed by atoms with van der Waals surface area (Å²) in [4.78, 5) is 11.1. The van der Waals surface area contributed by atoms with Gasteiger partial charge in [-0.05, 0) is 23.7 Å². The van der Waals surface area contributed by atoms with Crippen LogP contribution in [0.25, 0.3) is 10.6 Å². The molecule has 6 heteroatoms. The predicted octanol–water partition coefficient (Wildman–Crippen LogP) is 1.50. The maximum Gasteiger partial charge on any atom is 0.358 e. The first-order chi connectivity index (χ1) is 6.29. The Morgan fingerprint density at radius 2 is 2.46 bits per heavy atom. The first-order valence-corrected chi connectivity index (χ1v) is 4.16. The minimum atomic E-state index is -1.10. The number of carbonyl (C=O) groups is 1. The van der Waals surface area contributed by atoms with Crippen molar-refractivity contribution in [1.29, 1.82) is 0 Å². The van der Waals surface area contributed by atoms with Gasteiger partial charge in [0.05, 0.1) is 6.26 Å². The number of carboxylic acids is 1. The average Bonchev–Trinajstić information content (AvgIpc) is 2.74. The highest BCUT2D eigenvalue weighted by Crippen LogP contribution is 2.25. The quantitative estimate of drug-likeness (QED) is 0.787. The van der Waals surface area contributed by atoms with Crippen LogP contribution in [0, 0.1) is 0 Å². The molecule has 0 amide bonds. The lowest BCUT2D eigenvalue weighted by atomic mass is 10.3. The van der Waals surface area contributed by atoms with E-state index in [1.807, 2.05) is 0 Å². The van der Waals surface area contributed by atoms with Gasteiger partial charge in [-0.15, -0.1) is 5.10 Å². The van der Waals surface area contributed by atoms with E-state index in [0.717, 1.165) is 11.5 Å². The van der Waals surface area contributed by atoms with Crippen molar-refractivity contribution in [3.05, 3.63) is 24.1 Å². The summed E-state index contributed by atoms with van der Waals surface area (Å²) in [5.41, 5.74) is -0.0695. The van der Waals surface area contributed by atoms with Crippen molar-refractivity contribution in [2.24, 2.45) is 0 Å². The second kappa shape index (κ2) is 2.98. The number of aromatic carboxylic acids is 1. The van der Waals surface area contributed by atoms with Crippen molar-refractivity contribution in [1.82, 2.24) is 9.59 Å². The van der Waals surface area contributed by atoms with E-state index in [1.54, 1.807) is 12.1 Å². The molecule has 13 heavy (non-hydrogen) atoms. The van der Waals surface area contributed by atoms with Crippen LogP contribution < -0.4 is 0 Å². The van der Waals surface area contributed by atoms with Crippen LogP contribution >= 0.6 is 11.5 Å². The fourth-order valence-electron chi connectivity index (χ4n) is 0.900. The maximum absolute atomic E-state index is 10.6. The average molecular weight is 196 g/mol. The fourth-order valence-corrected chi connectivity index (χ4v) is 1.52. The third-order valence-electron chi connectivity index (χ3n) is 1.44. The first-order valence-electron chi connectivity index (χ1n) is 3.38. The van der Waals surface area contributed by atoms with Crippen molar-refractivity contribution >= 4 is 17.5 Å². The van der Waals surface area contributed by atoms with E-state index < -0.39 is 5.97 Å².